The number of benzene rings is 2. The van der Waals surface area contributed by atoms with Gasteiger partial charge in [-0.15, -0.1) is 0 Å². The van der Waals surface area contributed by atoms with Gasteiger partial charge in [-0.25, -0.2) is 17.5 Å². The van der Waals surface area contributed by atoms with Crippen molar-refractivity contribution in [1.82, 2.24) is 4.72 Å². The van der Waals surface area contributed by atoms with Crippen molar-refractivity contribution < 1.29 is 22.5 Å². The summed E-state index contributed by atoms with van der Waals surface area (Å²) in [6, 6.07) is 8.23. The lowest BCUT2D eigenvalue weighted by molar-refractivity contribution is -0.388. The van der Waals surface area contributed by atoms with E-state index in [2.05, 4.69) is 0 Å². The molecule has 0 spiro atoms. The van der Waals surface area contributed by atoms with Crippen LogP contribution in [0, 0.1) is 22.9 Å². The summed E-state index contributed by atoms with van der Waals surface area (Å²) < 4.78 is 39.3. The van der Waals surface area contributed by atoms with Gasteiger partial charge in [-0.2, -0.15) is 0 Å². The number of hydrogen-bond acceptors (Lipinski definition) is 5. The van der Waals surface area contributed by atoms with Crippen molar-refractivity contribution in [2.45, 2.75) is 11.8 Å². The summed E-state index contributed by atoms with van der Waals surface area (Å²) in [5.41, 5.74) is -0.301. The highest BCUT2D eigenvalue weighted by Gasteiger charge is 2.28. The number of halogens is 1. The van der Waals surface area contributed by atoms with Gasteiger partial charge in [0.05, 0.1) is 11.0 Å². The van der Waals surface area contributed by atoms with Crippen molar-refractivity contribution in [2.75, 3.05) is 0 Å². The van der Waals surface area contributed by atoms with Crippen LogP contribution >= 0.6 is 0 Å². The Labute approximate surface area is 131 Å². The number of hydrogen-bond donors (Lipinski definition) is 1. The number of nitrogens with zero attached hydrogens (tertiary/aromatic N) is 1. The average molecular weight is 338 g/mol. The molecule has 9 heteroatoms. The second-order valence-corrected chi connectivity index (χ2v) is 6.27. The van der Waals surface area contributed by atoms with Crippen molar-refractivity contribution >= 4 is 21.6 Å². The van der Waals surface area contributed by atoms with Crippen LogP contribution in [0.3, 0.4) is 0 Å². The molecule has 7 nitrogen and oxygen atoms in total. The first-order valence-electron chi connectivity index (χ1n) is 6.29. The Morgan fingerprint density at radius 1 is 1.22 bits per heavy atom. The standard InChI is InChI=1S/C14H11FN2O5S/c1-9-4-2-3-5-11(9)14(18)16-23(21,22)13-7-6-10(15)8-12(13)17(19)20/h2-8H,1H3,(H,16,18). The zero-order valence-corrected chi connectivity index (χ0v) is 12.6. The number of amides is 1. The summed E-state index contributed by atoms with van der Waals surface area (Å²) in [6.07, 6.45) is 0. The lowest BCUT2D eigenvalue weighted by atomic mass is 10.1. The van der Waals surface area contributed by atoms with Gasteiger partial charge in [0.1, 0.15) is 5.82 Å². The number of nitro benzene ring substituents is 1. The lowest BCUT2D eigenvalue weighted by Gasteiger charge is -2.09. The molecule has 23 heavy (non-hydrogen) atoms. The Balaban J connectivity index is 2.42. The van der Waals surface area contributed by atoms with Gasteiger partial charge in [0.25, 0.3) is 21.6 Å². The van der Waals surface area contributed by atoms with E-state index in [4.69, 9.17) is 0 Å². The van der Waals surface area contributed by atoms with E-state index in [0.29, 0.717) is 11.6 Å². The fourth-order valence-electron chi connectivity index (χ4n) is 1.92. The maximum atomic E-state index is 13.1. The zero-order valence-electron chi connectivity index (χ0n) is 11.8. The minimum atomic E-state index is -4.52. The van der Waals surface area contributed by atoms with Gasteiger partial charge in [-0.05, 0) is 30.7 Å². The second kappa shape index (κ2) is 6.13. The normalized spacial score (nSPS) is 11.0. The van der Waals surface area contributed by atoms with E-state index in [1.165, 1.54) is 6.07 Å². The zero-order chi connectivity index (χ0) is 17.2. The topological polar surface area (TPSA) is 106 Å². The number of carbonyl (C=O) groups is 1. The Bertz CT molecular complexity index is 896. The molecule has 0 heterocycles. The van der Waals surface area contributed by atoms with E-state index in [1.807, 2.05) is 0 Å². The molecule has 0 radical (unpaired) electrons. The summed E-state index contributed by atoms with van der Waals surface area (Å²) in [6.45, 7) is 1.61. The number of aryl methyl sites for hydroxylation is 1. The summed E-state index contributed by atoms with van der Waals surface area (Å²) in [5, 5.41) is 10.9. The first-order chi connectivity index (χ1) is 10.7. The van der Waals surface area contributed by atoms with E-state index in [9.17, 15) is 27.7 Å². The fourth-order valence-corrected chi connectivity index (χ4v) is 3.04. The summed E-state index contributed by atoms with van der Waals surface area (Å²) in [5.74, 6) is -1.89. The van der Waals surface area contributed by atoms with Gasteiger partial charge in [0.15, 0.2) is 4.90 Å². The largest absolute Gasteiger partial charge is 0.292 e. The highest BCUT2D eigenvalue weighted by atomic mass is 32.2. The summed E-state index contributed by atoms with van der Waals surface area (Å²) in [4.78, 5) is 21.1. The predicted octanol–water partition coefficient (Wildman–Crippen LogP) is 2.16. The molecule has 0 fully saturated rings. The maximum absolute atomic E-state index is 13.1. The number of nitrogens with one attached hydrogen (secondary N) is 1. The monoisotopic (exact) mass is 338 g/mol. The molecule has 0 aromatic heterocycles. The molecule has 0 unspecified atom stereocenters. The van der Waals surface area contributed by atoms with Crippen LogP contribution in [0.2, 0.25) is 0 Å². The van der Waals surface area contributed by atoms with Crippen molar-refractivity contribution in [3.63, 3.8) is 0 Å². The molecule has 0 aliphatic carbocycles. The molecular weight excluding hydrogens is 327 g/mol. The molecule has 0 atom stereocenters. The fraction of sp³-hybridized carbons (Fsp3) is 0.0714. The third-order valence-electron chi connectivity index (χ3n) is 3.02. The molecule has 2 aromatic carbocycles. The van der Waals surface area contributed by atoms with Crippen LogP contribution < -0.4 is 4.72 Å². The molecule has 0 aliphatic rings. The molecule has 0 aliphatic heterocycles. The summed E-state index contributed by atoms with van der Waals surface area (Å²) >= 11 is 0. The Hall–Kier alpha value is -2.81. The van der Waals surface area contributed by atoms with Crippen LogP contribution in [-0.2, 0) is 10.0 Å². The minimum Gasteiger partial charge on any atom is -0.268 e. The second-order valence-electron chi connectivity index (χ2n) is 4.62. The number of sulfonamides is 1. The molecule has 120 valence electrons. The molecule has 0 bridgehead atoms. The Kier molecular flexibility index (Phi) is 4.41. The third-order valence-corrected chi connectivity index (χ3v) is 4.40. The van der Waals surface area contributed by atoms with E-state index < -0.39 is 37.3 Å². The molecule has 0 saturated carbocycles. The van der Waals surface area contributed by atoms with E-state index >= 15 is 0 Å². The van der Waals surface area contributed by atoms with E-state index in [1.54, 1.807) is 29.8 Å². The Morgan fingerprint density at radius 3 is 2.48 bits per heavy atom. The average Bonchev–Trinajstić information content (AvgIpc) is 2.46. The van der Waals surface area contributed by atoms with Crippen LogP contribution in [0.15, 0.2) is 47.4 Å². The minimum absolute atomic E-state index is 0.112. The van der Waals surface area contributed by atoms with Crippen molar-refractivity contribution in [2.24, 2.45) is 0 Å². The first-order valence-corrected chi connectivity index (χ1v) is 7.77. The van der Waals surface area contributed by atoms with Crippen LogP contribution in [0.4, 0.5) is 10.1 Å². The molecular formula is C14H11FN2O5S. The van der Waals surface area contributed by atoms with Gasteiger partial charge in [0.2, 0.25) is 0 Å². The number of carbonyl (C=O) groups excluding carboxylic acids is 1. The smallest absolute Gasteiger partial charge is 0.268 e. The highest BCUT2D eigenvalue weighted by molar-refractivity contribution is 7.90. The highest BCUT2D eigenvalue weighted by Crippen LogP contribution is 2.24. The number of nitro groups is 1. The van der Waals surface area contributed by atoms with Crippen molar-refractivity contribution in [3.8, 4) is 0 Å². The molecule has 2 rings (SSSR count). The van der Waals surface area contributed by atoms with Gasteiger partial charge in [0, 0.05) is 5.56 Å². The van der Waals surface area contributed by atoms with Crippen LogP contribution in [0.5, 0.6) is 0 Å². The Morgan fingerprint density at radius 2 is 1.87 bits per heavy atom. The van der Waals surface area contributed by atoms with Crippen molar-refractivity contribution in [3.05, 3.63) is 69.5 Å². The predicted molar refractivity (Wildman–Crippen MR) is 78.9 cm³/mol. The number of rotatable bonds is 4. The molecule has 0 saturated heterocycles. The third kappa shape index (κ3) is 3.51. The van der Waals surface area contributed by atoms with Crippen LogP contribution in [-0.4, -0.2) is 19.2 Å². The first kappa shape index (κ1) is 16.6. The maximum Gasteiger partial charge on any atom is 0.292 e. The van der Waals surface area contributed by atoms with Crippen molar-refractivity contribution in [1.29, 1.82) is 0 Å². The van der Waals surface area contributed by atoms with Gasteiger partial charge < -0.3 is 0 Å². The molecule has 1 N–H and O–H groups in total. The van der Waals surface area contributed by atoms with Crippen LogP contribution in [0.1, 0.15) is 15.9 Å². The van der Waals surface area contributed by atoms with Gasteiger partial charge >= 0.3 is 0 Å². The van der Waals surface area contributed by atoms with Gasteiger partial charge in [-0.3, -0.25) is 14.9 Å². The summed E-state index contributed by atoms with van der Waals surface area (Å²) in [7, 11) is -4.52. The van der Waals surface area contributed by atoms with E-state index in [-0.39, 0.29) is 5.56 Å². The van der Waals surface area contributed by atoms with Gasteiger partial charge in [-0.1, -0.05) is 18.2 Å². The lowest BCUT2D eigenvalue weighted by Crippen LogP contribution is -2.31. The van der Waals surface area contributed by atoms with E-state index in [0.717, 1.165) is 12.1 Å². The quantitative estimate of drug-likeness (QED) is 0.679. The molecule has 1 amide bonds. The SMILES string of the molecule is Cc1ccccc1C(=O)NS(=O)(=O)c1ccc(F)cc1[N+](=O)[O-]. The van der Waals surface area contributed by atoms with Crippen LogP contribution in [0.25, 0.3) is 0 Å². The molecule has 2 aromatic rings.